The molecular weight excluding hydrogens is 528 g/mol. The van der Waals surface area contributed by atoms with E-state index in [4.69, 9.17) is 14.5 Å². The smallest absolute Gasteiger partial charge is 0.154 e. The minimum atomic E-state index is -0.0154. The summed E-state index contributed by atoms with van der Waals surface area (Å²) < 4.78 is 13.9. The minimum Gasteiger partial charge on any atom is -0.379 e. The van der Waals surface area contributed by atoms with Gasteiger partial charge in [0.25, 0.3) is 0 Å². The van der Waals surface area contributed by atoms with Gasteiger partial charge in [-0.05, 0) is 41.3 Å². The third-order valence-corrected chi connectivity index (χ3v) is 7.39. The van der Waals surface area contributed by atoms with E-state index in [1.807, 2.05) is 59.5 Å². The Morgan fingerprint density at radius 3 is 2.60 bits per heavy atom. The molecule has 1 aromatic carbocycles. The fourth-order valence-corrected chi connectivity index (χ4v) is 4.97. The quantitative estimate of drug-likeness (QED) is 0.236. The van der Waals surface area contributed by atoms with Crippen LogP contribution in [0.5, 0.6) is 0 Å². The van der Waals surface area contributed by atoms with Crippen molar-refractivity contribution in [1.29, 1.82) is 0 Å². The number of benzene rings is 1. The molecule has 0 saturated carbocycles. The standard InChI is InChI=1S/C32H36N8O2/c1-23(2)25-15-32(38-34-17-25)37-31-9-8-29-30(36-31)14-26(16-33-29)27-18-35-40(19-27)21-28(20-39-10-12-41-13-11-39)42-22-24-6-4-3-5-7-24/h3-9,14-19,23,28H,10-13,20-22H2,1-2H3,(H,36,37,38). The van der Waals surface area contributed by atoms with Crippen LogP contribution in [0.1, 0.15) is 30.9 Å². The van der Waals surface area contributed by atoms with Gasteiger partial charge in [-0.1, -0.05) is 44.2 Å². The molecule has 1 saturated heterocycles. The summed E-state index contributed by atoms with van der Waals surface area (Å²) in [6, 6.07) is 18.2. The molecule has 4 aromatic heterocycles. The van der Waals surface area contributed by atoms with Gasteiger partial charge in [-0.25, -0.2) is 4.98 Å². The van der Waals surface area contributed by atoms with E-state index >= 15 is 0 Å². The van der Waals surface area contributed by atoms with Gasteiger partial charge in [-0.3, -0.25) is 14.6 Å². The lowest BCUT2D eigenvalue weighted by Crippen LogP contribution is -2.42. The van der Waals surface area contributed by atoms with Crippen LogP contribution in [-0.4, -0.2) is 73.8 Å². The van der Waals surface area contributed by atoms with Crippen molar-refractivity contribution in [3.05, 3.63) is 90.5 Å². The van der Waals surface area contributed by atoms with Gasteiger partial charge in [0, 0.05) is 43.2 Å². The van der Waals surface area contributed by atoms with Crippen LogP contribution in [0, 0.1) is 0 Å². The lowest BCUT2D eigenvalue weighted by atomic mass is 10.1. The molecule has 0 amide bonds. The molecule has 1 aliphatic heterocycles. The number of aromatic nitrogens is 6. The van der Waals surface area contributed by atoms with Gasteiger partial charge in [0.1, 0.15) is 5.82 Å². The first-order chi connectivity index (χ1) is 20.6. The Balaban J connectivity index is 1.17. The van der Waals surface area contributed by atoms with Crippen LogP contribution >= 0.6 is 0 Å². The second-order valence-corrected chi connectivity index (χ2v) is 10.9. The summed E-state index contributed by atoms with van der Waals surface area (Å²) >= 11 is 0. The number of hydrogen-bond acceptors (Lipinski definition) is 9. The maximum Gasteiger partial charge on any atom is 0.154 e. The number of pyridine rings is 2. The topological polar surface area (TPSA) is 103 Å². The molecule has 0 aliphatic carbocycles. The molecule has 10 heteroatoms. The van der Waals surface area contributed by atoms with Crippen molar-refractivity contribution < 1.29 is 9.47 Å². The highest BCUT2D eigenvalue weighted by Crippen LogP contribution is 2.24. The molecule has 0 spiro atoms. The Morgan fingerprint density at radius 2 is 1.76 bits per heavy atom. The molecule has 0 radical (unpaired) electrons. The number of hydrogen-bond donors (Lipinski definition) is 1. The maximum atomic E-state index is 6.41. The van der Waals surface area contributed by atoms with E-state index < -0.39 is 0 Å². The third kappa shape index (κ3) is 7.14. The Labute approximate surface area is 245 Å². The van der Waals surface area contributed by atoms with Gasteiger partial charge < -0.3 is 14.8 Å². The Hall–Kier alpha value is -4.25. The van der Waals surface area contributed by atoms with Crippen LogP contribution in [0.2, 0.25) is 0 Å². The fourth-order valence-electron chi connectivity index (χ4n) is 4.97. The monoisotopic (exact) mass is 564 g/mol. The first-order valence-corrected chi connectivity index (χ1v) is 14.4. The molecule has 6 rings (SSSR count). The van der Waals surface area contributed by atoms with E-state index in [0.717, 1.165) is 66.1 Å². The molecule has 0 bridgehead atoms. The SMILES string of the molecule is CC(C)c1cnnc(Nc2ccc3ncc(-c4cnn(CC(CN5CCOCC5)OCc5ccccc5)c4)cc3n2)c1. The van der Waals surface area contributed by atoms with E-state index in [1.165, 1.54) is 0 Å². The van der Waals surface area contributed by atoms with Crippen molar-refractivity contribution in [3.8, 4) is 11.1 Å². The average Bonchev–Trinajstić information content (AvgIpc) is 3.49. The largest absolute Gasteiger partial charge is 0.379 e. The summed E-state index contributed by atoms with van der Waals surface area (Å²) in [7, 11) is 0. The van der Waals surface area contributed by atoms with E-state index in [2.05, 4.69) is 62.7 Å². The Bertz CT molecular complexity index is 1600. The first-order valence-electron chi connectivity index (χ1n) is 14.4. The summed E-state index contributed by atoms with van der Waals surface area (Å²) in [6.45, 7) is 9.65. The summed E-state index contributed by atoms with van der Waals surface area (Å²) in [4.78, 5) is 11.9. The van der Waals surface area contributed by atoms with Gasteiger partial charge in [-0.15, -0.1) is 5.10 Å². The number of morpholine rings is 1. The van der Waals surface area contributed by atoms with Gasteiger partial charge in [-0.2, -0.15) is 10.2 Å². The van der Waals surface area contributed by atoms with Crippen molar-refractivity contribution >= 4 is 22.7 Å². The molecular formula is C32H36N8O2. The summed E-state index contributed by atoms with van der Waals surface area (Å²) in [5, 5.41) is 16.3. The number of anilines is 2. The highest BCUT2D eigenvalue weighted by Gasteiger charge is 2.19. The van der Waals surface area contributed by atoms with Crippen LogP contribution in [0.3, 0.4) is 0 Å². The Morgan fingerprint density at radius 1 is 0.905 bits per heavy atom. The number of fused-ring (bicyclic) bond motifs is 1. The van der Waals surface area contributed by atoms with Crippen molar-refractivity contribution in [3.63, 3.8) is 0 Å². The van der Waals surface area contributed by atoms with Crippen molar-refractivity contribution in [2.45, 2.75) is 39.0 Å². The third-order valence-electron chi connectivity index (χ3n) is 7.39. The molecule has 1 atom stereocenters. The zero-order chi connectivity index (χ0) is 28.7. The maximum absolute atomic E-state index is 6.41. The second kappa shape index (κ2) is 13.2. The lowest BCUT2D eigenvalue weighted by Gasteiger charge is -2.30. The van der Waals surface area contributed by atoms with Crippen LogP contribution in [0.25, 0.3) is 22.2 Å². The van der Waals surface area contributed by atoms with Gasteiger partial charge in [0.05, 0.1) is 55.9 Å². The zero-order valence-corrected chi connectivity index (χ0v) is 24.1. The molecule has 1 N–H and O–H groups in total. The van der Waals surface area contributed by atoms with Gasteiger partial charge >= 0.3 is 0 Å². The predicted molar refractivity (Wildman–Crippen MR) is 162 cm³/mol. The molecule has 1 aliphatic rings. The van der Waals surface area contributed by atoms with Gasteiger partial charge in [0.2, 0.25) is 0 Å². The van der Waals surface area contributed by atoms with E-state index in [1.54, 1.807) is 6.20 Å². The van der Waals surface area contributed by atoms with Gasteiger partial charge in [0.15, 0.2) is 5.82 Å². The van der Waals surface area contributed by atoms with E-state index in [9.17, 15) is 0 Å². The first kappa shape index (κ1) is 27.9. The highest BCUT2D eigenvalue weighted by molar-refractivity contribution is 5.81. The normalized spacial score (nSPS) is 14.8. The number of nitrogens with zero attached hydrogens (tertiary/aromatic N) is 7. The van der Waals surface area contributed by atoms with E-state index in [0.29, 0.717) is 30.7 Å². The van der Waals surface area contributed by atoms with E-state index in [-0.39, 0.29) is 6.10 Å². The Kier molecular flexibility index (Phi) is 8.74. The average molecular weight is 565 g/mol. The van der Waals surface area contributed by atoms with Crippen LogP contribution in [0.15, 0.2) is 79.4 Å². The predicted octanol–water partition coefficient (Wildman–Crippen LogP) is 5.07. The highest BCUT2D eigenvalue weighted by atomic mass is 16.5. The zero-order valence-electron chi connectivity index (χ0n) is 24.1. The second-order valence-electron chi connectivity index (χ2n) is 10.9. The fraction of sp³-hybridized carbons (Fsp3) is 0.344. The molecule has 42 heavy (non-hydrogen) atoms. The molecule has 1 fully saturated rings. The van der Waals surface area contributed by atoms with Crippen LogP contribution in [0.4, 0.5) is 11.6 Å². The lowest BCUT2D eigenvalue weighted by molar-refractivity contribution is -0.0252. The number of ether oxygens (including phenoxy) is 2. The van der Waals surface area contributed by atoms with Crippen molar-refractivity contribution in [2.24, 2.45) is 0 Å². The molecule has 216 valence electrons. The van der Waals surface area contributed by atoms with Crippen molar-refractivity contribution in [1.82, 2.24) is 34.8 Å². The number of nitrogens with one attached hydrogen (secondary N) is 1. The molecule has 10 nitrogen and oxygen atoms in total. The molecule has 1 unspecified atom stereocenters. The van der Waals surface area contributed by atoms with Crippen LogP contribution in [-0.2, 0) is 22.6 Å². The van der Waals surface area contributed by atoms with Crippen molar-refractivity contribution in [2.75, 3.05) is 38.2 Å². The minimum absolute atomic E-state index is 0.0154. The summed E-state index contributed by atoms with van der Waals surface area (Å²) in [5.41, 5.74) is 5.82. The molecule has 5 aromatic rings. The molecule has 5 heterocycles. The van der Waals surface area contributed by atoms with Crippen LogP contribution < -0.4 is 5.32 Å². The summed E-state index contributed by atoms with van der Waals surface area (Å²) in [6.07, 6.45) is 7.57. The number of rotatable bonds is 11. The summed E-state index contributed by atoms with van der Waals surface area (Å²) in [5.74, 6) is 1.72.